The van der Waals surface area contributed by atoms with Crippen LogP contribution in [-0.2, 0) is 4.79 Å². The lowest BCUT2D eigenvalue weighted by Crippen LogP contribution is -2.49. The molecule has 4 nitrogen and oxygen atoms in total. The number of amides is 1. The Morgan fingerprint density at radius 2 is 1.77 bits per heavy atom. The average Bonchev–Trinajstić information content (AvgIpc) is 2.49. The van der Waals surface area contributed by atoms with E-state index in [0.717, 1.165) is 37.6 Å². The molecule has 0 aromatic heterocycles. The highest BCUT2D eigenvalue weighted by Crippen LogP contribution is 2.27. The van der Waals surface area contributed by atoms with E-state index in [2.05, 4.69) is 24.1 Å². The minimum absolute atomic E-state index is 0. The maximum atomic E-state index is 12.0. The topological polar surface area (TPSA) is 58.4 Å². The first-order chi connectivity index (χ1) is 10.1. The number of carbonyl (C=O) groups is 1. The molecule has 0 spiro atoms. The zero-order valence-corrected chi connectivity index (χ0v) is 15.0. The van der Waals surface area contributed by atoms with Gasteiger partial charge in [0.1, 0.15) is 0 Å². The van der Waals surface area contributed by atoms with E-state index in [1.54, 1.807) is 0 Å². The van der Waals surface area contributed by atoms with Gasteiger partial charge < -0.3 is 16.0 Å². The molecule has 2 rings (SSSR count). The van der Waals surface area contributed by atoms with Crippen molar-refractivity contribution in [1.82, 2.24) is 10.2 Å². The molecule has 0 aromatic rings. The highest BCUT2D eigenvalue weighted by atomic mass is 35.5. The van der Waals surface area contributed by atoms with Crippen LogP contribution in [0.15, 0.2) is 0 Å². The van der Waals surface area contributed by atoms with Gasteiger partial charge in [0.25, 0.3) is 0 Å². The molecule has 0 bridgehead atoms. The molecule has 0 aromatic carbocycles. The van der Waals surface area contributed by atoms with Crippen LogP contribution in [0.4, 0.5) is 0 Å². The number of piperidine rings is 1. The molecule has 1 amide bonds. The van der Waals surface area contributed by atoms with E-state index in [4.69, 9.17) is 5.73 Å². The van der Waals surface area contributed by atoms with Crippen molar-refractivity contribution in [1.29, 1.82) is 0 Å². The van der Waals surface area contributed by atoms with Crippen LogP contribution in [0.25, 0.3) is 0 Å². The molecule has 1 aliphatic carbocycles. The van der Waals surface area contributed by atoms with Gasteiger partial charge in [-0.2, -0.15) is 0 Å². The molecule has 1 unspecified atom stereocenters. The van der Waals surface area contributed by atoms with Crippen LogP contribution in [-0.4, -0.2) is 42.0 Å². The van der Waals surface area contributed by atoms with Crippen molar-refractivity contribution in [2.45, 2.75) is 83.3 Å². The van der Waals surface area contributed by atoms with E-state index in [1.807, 2.05) is 0 Å². The van der Waals surface area contributed by atoms with Gasteiger partial charge in [-0.15, -0.1) is 12.4 Å². The summed E-state index contributed by atoms with van der Waals surface area (Å²) >= 11 is 0. The third-order valence-electron chi connectivity index (χ3n) is 5.31. The van der Waals surface area contributed by atoms with Crippen LogP contribution >= 0.6 is 12.4 Å². The minimum Gasteiger partial charge on any atom is -0.352 e. The number of hydrogen-bond donors (Lipinski definition) is 2. The van der Waals surface area contributed by atoms with Gasteiger partial charge in [-0.1, -0.05) is 20.3 Å². The molecular weight excluding hydrogens is 298 g/mol. The van der Waals surface area contributed by atoms with Gasteiger partial charge >= 0.3 is 0 Å². The maximum absolute atomic E-state index is 12.0. The summed E-state index contributed by atoms with van der Waals surface area (Å²) in [6.45, 7) is 6.97. The van der Waals surface area contributed by atoms with Gasteiger partial charge in [-0.05, 0) is 64.0 Å². The fraction of sp³-hybridized carbons (Fsp3) is 0.941. The van der Waals surface area contributed by atoms with Gasteiger partial charge in [0.05, 0.1) is 6.04 Å². The summed E-state index contributed by atoms with van der Waals surface area (Å²) in [7, 11) is 0. The Labute approximate surface area is 142 Å². The second kappa shape index (κ2) is 9.74. The third kappa shape index (κ3) is 5.71. The fourth-order valence-corrected chi connectivity index (χ4v) is 3.73. The average molecular weight is 332 g/mol. The summed E-state index contributed by atoms with van der Waals surface area (Å²) in [5.74, 6) is 0.948. The number of nitrogens with two attached hydrogens (primary N) is 1. The Morgan fingerprint density at radius 1 is 1.18 bits per heavy atom. The monoisotopic (exact) mass is 331 g/mol. The number of halogens is 1. The zero-order valence-electron chi connectivity index (χ0n) is 14.2. The number of nitrogens with zero attached hydrogens (tertiary/aromatic N) is 1. The maximum Gasteiger partial charge on any atom is 0.237 e. The minimum atomic E-state index is -0.323. The van der Waals surface area contributed by atoms with Gasteiger partial charge in [-0.25, -0.2) is 0 Å². The van der Waals surface area contributed by atoms with Crippen molar-refractivity contribution < 1.29 is 4.79 Å². The molecule has 1 aliphatic heterocycles. The first-order valence-electron chi connectivity index (χ1n) is 8.90. The molecule has 0 radical (unpaired) electrons. The third-order valence-corrected chi connectivity index (χ3v) is 5.31. The standard InChI is InChI=1S/C17H33N3O.ClH/c1-3-4-16(18)17(21)19-14-5-7-15(8-6-14)20-11-9-13(2)10-12-20;/h13-16H,3-12,18H2,1-2H3,(H,19,21);1H. The largest absolute Gasteiger partial charge is 0.352 e. The molecule has 2 fully saturated rings. The van der Waals surface area contributed by atoms with Crippen LogP contribution in [0.1, 0.15) is 65.2 Å². The first-order valence-corrected chi connectivity index (χ1v) is 8.90. The number of likely N-dealkylation sites (tertiary alicyclic amines) is 1. The Balaban J connectivity index is 0.00000242. The van der Waals surface area contributed by atoms with Crippen molar-refractivity contribution in [3.8, 4) is 0 Å². The van der Waals surface area contributed by atoms with E-state index in [9.17, 15) is 4.79 Å². The molecule has 5 heteroatoms. The number of nitrogens with one attached hydrogen (secondary N) is 1. The van der Waals surface area contributed by atoms with Crippen molar-refractivity contribution in [3.05, 3.63) is 0 Å². The summed E-state index contributed by atoms with van der Waals surface area (Å²) < 4.78 is 0. The van der Waals surface area contributed by atoms with Crippen molar-refractivity contribution in [2.75, 3.05) is 13.1 Å². The van der Waals surface area contributed by atoms with Crippen molar-refractivity contribution in [3.63, 3.8) is 0 Å². The van der Waals surface area contributed by atoms with E-state index in [0.29, 0.717) is 6.04 Å². The Morgan fingerprint density at radius 3 is 2.32 bits per heavy atom. The van der Waals surface area contributed by atoms with Crippen molar-refractivity contribution >= 4 is 18.3 Å². The summed E-state index contributed by atoms with van der Waals surface area (Å²) in [6.07, 6.45) is 9.13. The molecule has 1 heterocycles. The predicted octanol–water partition coefficient (Wildman–Crippen LogP) is 2.69. The molecule has 2 aliphatic rings. The molecule has 3 N–H and O–H groups in total. The SMILES string of the molecule is CCCC(N)C(=O)NC1CCC(N2CCC(C)CC2)CC1.Cl. The van der Waals surface area contributed by atoms with Crippen LogP contribution in [0.5, 0.6) is 0 Å². The lowest BCUT2D eigenvalue weighted by atomic mass is 9.88. The van der Waals surface area contributed by atoms with Gasteiger partial charge in [0, 0.05) is 12.1 Å². The van der Waals surface area contributed by atoms with Crippen LogP contribution < -0.4 is 11.1 Å². The molecule has 1 saturated heterocycles. The summed E-state index contributed by atoms with van der Waals surface area (Å²) in [4.78, 5) is 14.7. The fourth-order valence-electron chi connectivity index (χ4n) is 3.73. The molecule has 22 heavy (non-hydrogen) atoms. The highest BCUT2D eigenvalue weighted by molar-refractivity contribution is 5.85. The quantitative estimate of drug-likeness (QED) is 0.814. The Kier molecular flexibility index (Phi) is 8.73. The van der Waals surface area contributed by atoms with Crippen molar-refractivity contribution in [2.24, 2.45) is 11.7 Å². The van der Waals surface area contributed by atoms with Crippen LogP contribution in [0.3, 0.4) is 0 Å². The van der Waals surface area contributed by atoms with Gasteiger partial charge in [-0.3, -0.25) is 4.79 Å². The number of rotatable bonds is 5. The zero-order chi connectivity index (χ0) is 15.2. The number of carbonyl (C=O) groups excluding carboxylic acids is 1. The smallest absolute Gasteiger partial charge is 0.237 e. The number of hydrogen-bond acceptors (Lipinski definition) is 3. The predicted molar refractivity (Wildman–Crippen MR) is 94.3 cm³/mol. The molecule has 1 saturated carbocycles. The normalized spacial score (nSPS) is 28.7. The summed E-state index contributed by atoms with van der Waals surface area (Å²) in [5.41, 5.74) is 5.88. The molecule has 130 valence electrons. The van der Waals surface area contributed by atoms with E-state index in [-0.39, 0.29) is 24.4 Å². The van der Waals surface area contributed by atoms with E-state index >= 15 is 0 Å². The molecular formula is C17H34ClN3O. The Bertz CT molecular complexity index is 324. The summed E-state index contributed by atoms with van der Waals surface area (Å²) in [5, 5.41) is 3.15. The van der Waals surface area contributed by atoms with Crippen LogP contribution in [0.2, 0.25) is 0 Å². The van der Waals surface area contributed by atoms with Gasteiger partial charge in [0.15, 0.2) is 0 Å². The lowest BCUT2D eigenvalue weighted by Gasteiger charge is -2.40. The van der Waals surface area contributed by atoms with Crippen LogP contribution in [0, 0.1) is 5.92 Å². The van der Waals surface area contributed by atoms with Gasteiger partial charge in [0.2, 0.25) is 5.91 Å². The molecule has 1 atom stereocenters. The Hall–Kier alpha value is -0.320. The second-order valence-corrected chi connectivity index (χ2v) is 7.13. The first kappa shape index (κ1) is 19.7. The highest BCUT2D eigenvalue weighted by Gasteiger charge is 2.29. The lowest BCUT2D eigenvalue weighted by molar-refractivity contribution is -0.123. The van der Waals surface area contributed by atoms with E-state index < -0.39 is 0 Å². The second-order valence-electron chi connectivity index (χ2n) is 7.13. The van der Waals surface area contributed by atoms with E-state index in [1.165, 1.54) is 38.8 Å². The summed E-state index contributed by atoms with van der Waals surface area (Å²) in [6, 6.07) is 0.770.